The zero-order valence-electron chi connectivity index (χ0n) is 9.94. The molecule has 0 saturated heterocycles. The summed E-state index contributed by atoms with van der Waals surface area (Å²) in [4.78, 5) is 17.7. The van der Waals surface area contributed by atoms with Gasteiger partial charge in [-0.3, -0.25) is 4.79 Å². The summed E-state index contributed by atoms with van der Waals surface area (Å²) in [5.41, 5.74) is 0.741. The van der Waals surface area contributed by atoms with E-state index in [1.165, 1.54) is 19.3 Å². The summed E-state index contributed by atoms with van der Waals surface area (Å²) >= 11 is 0. The van der Waals surface area contributed by atoms with Gasteiger partial charge in [0, 0.05) is 25.4 Å². The molecule has 0 N–H and O–H groups in total. The van der Waals surface area contributed by atoms with E-state index in [4.69, 9.17) is 0 Å². The number of anilines is 1. The third-order valence-corrected chi connectivity index (χ3v) is 3.30. The van der Waals surface area contributed by atoms with Crippen LogP contribution < -0.4 is 4.90 Å². The Kier molecular flexibility index (Phi) is 3.22. The van der Waals surface area contributed by atoms with E-state index < -0.39 is 0 Å². The maximum Gasteiger partial charge on any atom is 0.159 e. The predicted octanol–water partition coefficient (Wildman–Crippen LogP) is 2.52. The first-order valence-electron chi connectivity index (χ1n) is 5.85. The average molecular weight is 218 g/mol. The normalized spacial score (nSPS) is 15.6. The molecule has 0 aliphatic heterocycles. The molecule has 1 aliphatic rings. The Hall–Kier alpha value is -1.38. The first kappa shape index (κ1) is 11.1. The van der Waals surface area contributed by atoms with Gasteiger partial charge in [-0.1, -0.05) is 6.42 Å². The van der Waals surface area contributed by atoms with Gasteiger partial charge in [0.2, 0.25) is 0 Å². The molecule has 86 valence electrons. The molecule has 3 heteroatoms. The summed E-state index contributed by atoms with van der Waals surface area (Å²) in [6.07, 6.45) is 5.73. The highest BCUT2D eigenvalue weighted by Gasteiger charge is 2.19. The fraction of sp³-hybridized carbons (Fsp3) is 0.538. The lowest BCUT2D eigenvalue weighted by atomic mass is 9.85. The van der Waals surface area contributed by atoms with Gasteiger partial charge >= 0.3 is 0 Å². The van der Waals surface area contributed by atoms with Crippen LogP contribution in [0.15, 0.2) is 18.3 Å². The van der Waals surface area contributed by atoms with Crippen LogP contribution in [0.2, 0.25) is 0 Å². The highest BCUT2D eigenvalue weighted by molar-refractivity contribution is 5.94. The van der Waals surface area contributed by atoms with Crippen molar-refractivity contribution < 1.29 is 4.79 Å². The minimum Gasteiger partial charge on any atom is -0.359 e. The first-order chi connectivity index (χ1) is 7.66. The monoisotopic (exact) mass is 218 g/mol. The Bertz CT molecular complexity index is 385. The molecule has 0 unspecified atom stereocenters. The van der Waals surface area contributed by atoms with Gasteiger partial charge in [0.1, 0.15) is 5.82 Å². The Balaban J connectivity index is 2.06. The molecule has 0 bridgehead atoms. The number of rotatable bonds is 4. The van der Waals surface area contributed by atoms with Gasteiger partial charge in [-0.2, -0.15) is 0 Å². The van der Waals surface area contributed by atoms with E-state index in [2.05, 4.69) is 9.88 Å². The molecule has 16 heavy (non-hydrogen) atoms. The molecule has 3 nitrogen and oxygen atoms in total. The summed E-state index contributed by atoms with van der Waals surface area (Å²) in [5, 5.41) is 0. The molecule has 1 aromatic heterocycles. The molecule has 1 aliphatic carbocycles. The van der Waals surface area contributed by atoms with Crippen LogP contribution in [0.3, 0.4) is 0 Å². The largest absolute Gasteiger partial charge is 0.359 e. The maximum atomic E-state index is 11.3. The van der Waals surface area contributed by atoms with Crippen LogP contribution in [0.1, 0.15) is 36.5 Å². The number of hydrogen-bond acceptors (Lipinski definition) is 3. The van der Waals surface area contributed by atoms with Crippen molar-refractivity contribution in [3.63, 3.8) is 0 Å². The Labute approximate surface area is 96.5 Å². The number of ketones is 1. The fourth-order valence-corrected chi connectivity index (χ4v) is 2.00. The number of Topliss-reactive ketones (excluding diaryl/α,β-unsaturated/α-hetero) is 1. The predicted molar refractivity (Wildman–Crippen MR) is 64.9 cm³/mol. The highest BCUT2D eigenvalue weighted by atomic mass is 16.1. The number of hydrogen-bond donors (Lipinski definition) is 0. The smallest absolute Gasteiger partial charge is 0.159 e. The van der Waals surface area contributed by atoms with Crippen molar-refractivity contribution in [2.45, 2.75) is 26.2 Å². The molecule has 0 spiro atoms. The third kappa shape index (κ3) is 2.40. The van der Waals surface area contributed by atoms with Crippen molar-refractivity contribution >= 4 is 11.6 Å². The van der Waals surface area contributed by atoms with Gasteiger partial charge in [0.05, 0.1) is 0 Å². The fourth-order valence-electron chi connectivity index (χ4n) is 2.00. The van der Waals surface area contributed by atoms with E-state index in [0.29, 0.717) is 0 Å². The van der Waals surface area contributed by atoms with Gasteiger partial charge in [-0.15, -0.1) is 0 Å². The number of nitrogens with zero attached hydrogens (tertiary/aromatic N) is 2. The Morgan fingerprint density at radius 2 is 2.31 bits per heavy atom. The van der Waals surface area contributed by atoms with Crippen molar-refractivity contribution in [3.8, 4) is 0 Å². The van der Waals surface area contributed by atoms with Crippen molar-refractivity contribution in [2.24, 2.45) is 5.92 Å². The van der Waals surface area contributed by atoms with E-state index in [1.54, 1.807) is 19.2 Å². The topological polar surface area (TPSA) is 33.2 Å². The molecular formula is C13H18N2O. The minimum absolute atomic E-state index is 0.0979. The molecule has 0 atom stereocenters. The third-order valence-electron chi connectivity index (χ3n) is 3.30. The van der Waals surface area contributed by atoms with Crippen molar-refractivity contribution in [2.75, 3.05) is 18.5 Å². The summed E-state index contributed by atoms with van der Waals surface area (Å²) in [7, 11) is 2.05. The van der Waals surface area contributed by atoms with Crippen LogP contribution in [0, 0.1) is 5.92 Å². The molecule has 0 radical (unpaired) electrons. The van der Waals surface area contributed by atoms with Gasteiger partial charge in [0.15, 0.2) is 5.78 Å². The van der Waals surface area contributed by atoms with Crippen molar-refractivity contribution in [1.29, 1.82) is 0 Å². The van der Waals surface area contributed by atoms with Crippen LogP contribution in [0.25, 0.3) is 0 Å². The average Bonchev–Trinajstić information content (AvgIpc) is 2.23. The molecule has 0 aromatic carbocycles. The number of carbonyl (C=O) groups excluding carboxylic acids is 1. The Morgan fingerprint density at radius 3 is 2.88 bits per heavy atom. The quantitative estimate of drug-likeness (QED) is 0.728. The molecule has 1 aromatic rings. The molecule has 1 heterocycles. The summed E-state index contributed by atoms with van der Waals surface area (Å²) in [6.45, 7) is 2.64. The highest BCUT2D eigenvalue weighted by Crippen LogP contribution is 2.27. The van der Waals surface area contributed by atoms with E-state index in [9.17, 15) is 4.79 Å². The van der Waals surface area contributed by atoms with E-state index in [1.807, 2.05) is 13.1 Å². The summed E-state index contributed by atoms with van der Waals surface area (Å²) < 4.78 is 0. The van der Waals surface area contributed by atoms with E-state index in [0.717, 1.165) is 23.8 Å². The summed E-state index contributed by atoms with van der Waals surface area (Å²) in [5.74, 6) is 1.81. The van der Waals surface area contributed by atoms with Crippen LogP contribution in [0.4, 0.5) is 5.82 Å². The van der Waals surface area contributed by atoms with Gasteiger partial charge in [0.25, 0.3) is 0 Å². The maximum absolute atomic E-state index is 11.3. The molecule has 1 fully saturated rings. The molecule has 0 amide bonds. The van der Waals surface area contributed by atoms with Gasteiger partial charge in [-0.05, 0) is 37.8 Å². The number of aromatic nitrogens is 1. The second-order valence-electron chi connectivity index (χ2n) is 4.64. The van der Waals surface area contributed by atoms with Crippen molar-refractivity contribution in [1.82, 2.24) is 4.98 Å². The van der Waals surface area contributed by atoms with Gasteiger partial charge in [-0.25, -0.2) is 4.98 Å². The van der Waals surface area contributed by atoms with Crippen LogP contribution in [-0.4, -0.2) is 24.4 Å². The lowest BCUT2D eigenvalue weighted by molar-refractivity contribution is 0.101. The van der Waals surface area contributed by atoms with E-state index in [-0.39, 0.29) is 5.78 Å². The lowest BCUT2D eigenvalue weighted by Gasteiger charge is -2.30. The SMILES string of the molecule is CC(=O)c1ccnc(N(C)CC2CCC2)c1. The zero-order chi connectivity index (χ0) is 11.5. The molecule has 1 saturated carbocycles. The molecular weight excluding hydrogens is 200 g/mol. The second-order valence-corrected chi connectivity index (χ2v) is 4.64. The zero-order valence-corrected chi connectivity index (χ0v) is 9.94. The lowest BCUT2D eigenvalue weighted by Crippen LogP contribution is -2.29. The Morgan fingerprint density at radius 1 is 1.56 bits per heavy atom. The molecule has 2 rings (SSSR count). The van der Waals surface area contributed by atoms with Gasteiger partial charge < -0.3 is 4.90 Å². The van der Waals surface area contributed by atoms with Crippen LogP contribution in [-0.2, 0) is 0 Å². The van der Waals surface area contributed by atoms with Crippen LogP contribution in [0.5, 0.6) is 0 Å². The first-order valence-corrected chi connectivity index (χ1v) is 5.85. The van der Waals surface area contributed by atoms with E-state index >= 15 is 0 Å². The minimum atomic E-state index is 0.0979. The summed E-state index contributed by atoms with van der Waals surface area (Å²) in [6, 6.07) is 3.64. The number of pyridine rings is 1. The second kappa shape index (κ2) is 4.64. The standard InChI is InChI=1S/C13H18N2O/c1-10(16)12-6-7-14-13(8-12)15(2)9-11-4-3-5-11/h6-8,11H,3-5,9H2,1-2H3. The van der Waals surface area contributed by atoms with Crippen molar-refractivity contribution in [3.05, 3.63) is 23.9 Å². The number of carbonyl (C=O) groups is 1. The van der Waals surface area contributed by atoms with Crippen LogP contribution >= 0.6 is 0 Å².